The average molecular weight is 311 g/mol. The van der Waals surface area contributed by atoms with Crippen LogP contribution in [0, 0.1) is 0 Å². The number of carbonyl (C=O) groups excluding carboxylic acids is 1. The number of unbranched alkanes of at least 4 members (excludes halogenated alkanes) is 11. The van der Waals surface area contributed by atoms with E-state index < -0.39 is 0 Å². The zero-order chi connectivity index (χ0) is 16.3. The number of nitrogens with zero attached hydrogens (tertiary/aromatic N) is 3. The zero-order valence-electron chi connectivity index (χ0n) is 14.3. The van der Waals surface area contributed by atoms with Crippen molar-refractivity contribution in [1.82, 2.24) is 0 Å². The molecule has 0 radical (unpaired) electrons. The molecule has 0 N–H and O–H groups in total. The average Bonchev–Trinajstić information content (AvgIpc) is 2.51. The fourth-order valence-corrected chi connectivity index (χ4v) is 2.50. The van der Waals surface area contributed by atoms with Gasteiger partial charge in [0.2, 0.25) is 0 Å². The van der Waals surface area contributed by atoms with Gasteiger partial charge in [-0.1, -0.05) is 69.3 Å². The maximum atomic E-state index is 11.1. The number of carbonyl (C=O) groups is 1. The van der Waals surface area contributed by atoms with Crippen LogP contribution in [0.1, 0.15) is 90.4 Å². The lowest BCUT2D eigenvalue weighted by Crippen LogP contribution is -2.03. The third-order valence-electron chi connectivity index (χ3n) is 3.76. The Morgan fingerprint density at radius 2 is 1.32 bits per heavy atom. The molecule has 0 rings (SSSR count). The lowest BCUT2D eigenvalue weighted by molar-refractivity contribution is -0.143. The normalized spacial score (nSPS) is 10.2. The summed E-state index contributed by atoms with van der Waals surface area (Å²) in [6.07, 6.45) is 15.3. The molecule has 5 heteroatoms. The molecule has 22 heavy (non-hydrogen) atoms. The molecular weight excluding hydrogens is 278 g/mol. The highest BCUT2D eigenvalue weighted by atomic mass is 16.5. The number of rotatable bonds is 16. The number of azide groups is 1. The SMILES string of the molecule is CCOC(=O)CCCCCCCCCCCCCCN=[N+]=[N-]. The standard InChI is InChI=1S/C17H33N3O2/c1-2-22-17(21)15-13-11-9-7-5-3-4-6-8-10-12-14-16-19-20-18/h2-16H2,1H3. The van der Waals surface area contributed by atoms with Crippen LogP contribution in [0.2, 0.25) is 0 Å². The molecule has 0 saturated carbocycles. The predicted octanol–water partition coefficient (Wildman–Crippen LogP) is 5.93. The summed E-state index contributed by atoms with van der Waals surface area (Å²) in [6, 6.07) is 0. The molecule has 0 saturated heterocycles. The molecule has 0 fully saturated rings. The Morgan fingerprint density at radius 1 is 0.864 bits per heavy atom. The van der Waals surface area contributed by atoms with Gasteiger partial charge in [0.15, 0.2) is 0 Å². The van der Waals surface area contributed by atoms with E-state index in [1.165, 1.54) is 57.8 Å². The van der Waals surface area contributed by atoms with Crippen LogP contribution in [0.4, 0.5) is 0 Å². The first-order valence-corrected chi connectivity index (χ1v) is 8.97. The summed E-state index contributed by atoms with van der Waals surface area (Å²) in [7, 11) is 0. The summed E-state index contributed by atoms with van der Waals surface area (Å²) in [4.78, 5) is 13.9. The molecule has 0 atom stereocenters. The first-order chi connectivity index (χ1) is 10.8. The predicted molar refractivity (Wildman–Crippen MR) is 90.7 cm³/mol. The fourth-order valence-electron chi connectivity index (χ4n) is 2.50. The third-order valence-corrected chi connectivity index (χ3v) is 3.76. The van der Waals surface area contributed by atoms with Crippen molar-refractivity contribution in [2.24, 2.45) is 5.11 Å². The molecule has 0 aromatic rings. The van der Waals surface area contributed by atoms with Crippen molar-refractivity contribution in [2.45, 2.75) is 90.4 Å². The highest BCUT2D eigenvalue weighted by Crippen LogP contribution is 2.12. The van der Waals surface area contributed by atoms with Gasteiger partial charge in [-0.3, -0.25) is 4.79 Å². The second kappa shape index (κ2) is 17.8. The van der Waals surface area contributed by atoms with Crippen molar-refractivity contribution in [3.05, 3.63) is 10.4 Å². The molecule has 0 bridgehead atoms. The van der Waals surface area contributed by atoms with Gasteiger partial charge in [0.05, 0.1) is 6.61 Å². The van der Waals surface area contributed by atoms with Gasteiger partial charge in [-0.2, -0.15) is 0 Å². The van der Waals surface area contributed by atoms with Crippen LogP contribution in [-0.4, -0.2) is 19.1 Å². The van der Waals surface area contributed by atoms with Crippen LogP contribution in [0.5, 0.6) is 0 Å². The molecule has 0 heterocycles. The maximum absolute atomic E-state index is 11.1. The van der Waals surface area contributed by atoms with Gasteiger partial charge in [-0.05, 0) is 25.3 Å². The van der Waals surface area contributed by atoms with Gasteiger partial charge in [0.1, 0.15) is 0 Å². The molecule has 0 aliphatic rings. The molecule has 0 unspecified atom stereocenters. The van der Waals surface area contributed by atoms with Crippen molar-refractivity contribution >= 4 is 5.97 Å². The minimum absolute atomic E-state index is 0.0538. The van der Waals surface area contributed by atoms with Crippen LogP contribution in [0.25, 0.3) is 10.4 Å². The molecule has 128 valence electrons. The summed E-state index contributed by atoms with van der Waals surface area (Å²) in [5.41, 5.74) is 8.14. The smallest absolute Gasteiger partial charge is 0.305 e. The molecule has 0 aromatic carbocycles. The summed E-state index contributed by atoms with van der Waals surface area (Å²) in [5, 5.41) is 3.53. The molecule has 0 aliphatic carbocycles. The minimum atomic E-state index is -0.0538. The quantitative estimate of drug-likeness (QED) is 0.116. The topological polar surface area (TPSA) is 75.1 Å². The van der Waals surface area contributed by atoms with Crippen LogP contribution in [0.15, 0.2) is 5.11 Å². The van der Waals surface area contributed by atoms with E-state index in [0.717, 1.165) is 19.3 Å². The fraction of sp³-hybridized carbons (Fsp3) is 0.941. The van der Waals surface area contributed by atoms with Crippen LogP contribution < -0.4 is 0 Å². The second-order valence-corrected chi connectivity index (χ2v) is 5.75. The van der Waals surface area contributed by atoms with E-state index in [1.807, 2.05) is 6.92 Å². The van der Waals surface area contributed by atoms with Gasteiger partial charge in [-0.15, -0.1) is 0 Å². The summed E-state index contributed by atoms with van der Waals surface area (Å²) in [5.74, 6) is -0.0538. The van der Waals surface area contributed by atoms with E-state index in [1.54, 1.807) is 0 Å². The Labute approximate surface area is 135 Å². The van der Waals surface area contributed by atoms with E-state index in [0.29, 0.717) is 19.6 Å². The molecule has 0 spiro atoms. The van der Waals surface area contributed by atoms with Crippen molar-refractivity contribution in [3.8, 4) is 0 Å². The number of hydrogen-bond donors (Lipinski definition) is 0. The minimum Gasteiger partial charge on any atom is -0.466 e. The Bertz CT molecular complexity index is 302. The first-order valence-electron chi connectivity index (χ1n) is 8.97. The number of hydrogen-bond acceptors (Lipinski definition) is 3. The summed E-state index contributed by atoms with van der Waals surface area (Å²) in [6.45, 7) is 2.99. The number of ether oxygens (including phenoxy) is 1. The highest BCUT2D eigenvalue weighted by Gasteiger charge is 2.00. The van der Waals surface area contributed by atoms with E-state index in [4.69, 9.17) is 10.3 Å². The lowest BCUT2D eigenvalue weighted by Gasteiger charge is -2.03. The van der Waals surface area contributed by atoms with Crippen LogP contribution in [-0.2, 0) is 9.53 Å². The Morgan fingerprint density at radius 3 is 1.77 bits per heavy atom. The summed E-state index contributed by atoms with van der Waals surface area (Å²) < 4.78 is 4.90. The molecule has 5 nitrogen and oxygen atoms in total. The van der Waals surface area contributed by atoms with Crippen molar-refractivity contribution < 1.29 is 9.53 Å². The maximum Gasteiger partial charge on any atom is 0.305 e. The molecule has 0 amide bonds. The van der Waals surface area contributed by atoms with E-state index >= 15 is 0 Å². The zero-order valence-corrected chi connectivity index (χ0v) is 14.3. The Hall–Kier alpha value is -1.22. The highest BCUT2D eigenvalue weighted by molar-refractivity contribution is 5.69. The van der Waals surface area contributed by atoms with Gasteiger partial charge >= 0.3 is 5.97 Å². The largest absolute Gasteiger partial charge is 0.466 e. The first kappa shape index (κ1) is 20.8. The van der Waals surface area contributed by atoms with E-state index in [2.05, 4.69) is 10.0 Å². The van der Waals surface area contributed by atoms with E-state index in [-0.39, 0.29) is 5.97 Å². The van der Waals surface area contributed by atoms with Gasteiger partial charge < -0.3 is 4.74 Å². The third kappa shape index (κ3) is 16.8. The van der Waals surface area contributed by atoms with Crippen LogP contribution in [0.3, 0.4) is 0 Å². The van der Waals surface area contributed by atoms with Crippen LogP contribution >= 0.6 is 0 Å². The monoisotopic (exact) mass is 311 g/mol. The van der Waals surface area contributed by atoms with Crippen molar-refractivity contribution in [1.29, 1.82) is 0 Å². The van der Waals surface area contributed by atoms with E-state index in [9.17, 15) is 4.79 Å². The van der Waals surface area contributed by atoms with Crippen molar-refractivity contribution in [3.63, 3.8) is 0 Å². The van der Waals surface area contributed by atoms with Gasteiger partial charge in [0, 0.05) is 17.9 Å². The Balaban J connectivity index is 3.05. The van der Waals surface area contributed by atoms with Crippen molar-refractivity contribution in [2.75, 3.05) is 13.2 Å². The number of esters is 1. The lowest BCUT2D eigenvalue weighted by atomic mass is 10.0. The second-order valence-electron chi connectivity index (χ2n) is 5.75. The van der Waals surface area contributed by atoms with Gasteiger partial charge in [-0.25, -0.2) is 0 Å². The Kier molecular flexibility index (Phi) is 16.8. The molecule has 0 aliphatic heterocycles. The summed E-state index contributed by atoms with van der Waals surface area (Å²) >= 11 is 0. The molecule has 0 aromatic heterocycles. The molecular formula is C17H33N3O2. The van der Waals surface area contributed by atoms with Gasteiger partial charge in [0.25, 0.3) is 0 Å².